The molecule has 0 aromatic heterocycles. The number of hydrogen-bond acceptors (Lipinski definition) is 3. The van der Waals surface area contributed by atoms with E-state index in [9.17, 15) is 4.79 Å². The molecule has 0 saturated heterocycles. The topological polar surface area (TPSA) is 38.8 Å². The summed E-state index contributed by atoms with van der Waals surface area (Å²) in [5, 5.41) is 0. The van der Waals surface area contributed by atoms with Crippen LogP contribution in [0.3, 0.4) is 0 Å². The van der Waals surface area contributed by atoms with Gasteiger partial charge in [-0.3, -0.25) is 4.79 Å². The summed E-state index contributed by atoms with van der Waals surface area (Å²) >= 11 is 0. The summed E-state index contributed by atoms with van der Waals surface area (Å²) in [7, 11) is 3.29. The van der Waals surface area contributed by atoms with Gasteiger partial charge in [0, 0.05) is 13.1 Å². The molecule has 28 heavy (non-hydrogen) atoms. The lowest BCUT2D eigenvalue weighted by molar-refractivity contribution is -0.131. The molecule has 0 aliphatic rings. The number of nitrogens with zero attached hydrogens (tertiary/aromatic N) is 1. The van der Waals surface area contributed by atoms with Crippen molar-refractivity contribution in [3.8, 4) is 11.5 Å². The third kappa shape index (κ3) is 5.36. The molecule has 0 heterocycles. The standard InChI is InChI=1S/C24H25NO3/c1-27-22-12-8-20(9-13-22)17-25(18-21-10-14-23(28-2)15-11-21)24(26)16-19-6-4-3-5-7-19/h3-15H,16-18H2,1-2H3. The molecule has 3 rings (SSSR count). The van der Waals surface area contributed by atoms with Gasteiger partial charge in [0.2, 0.25) is 5.91 Å². The predicted octanol–water partition coefficient (Wildman–Crippen LogP) is 4.48. The van der Waals surface area contributed by atoms with E-state index in [1.54, 1.807) is 14.2 Å². The molecule has 3 aromatic carbocycles. The van der Waals surface area contributed by atoms with Gasteiger partial charge in [0.1, 0.15) is 11.5 Å². The summed E-state index contributed by atoms with van der Waals surface area (Å²) in [5.41, 5.74) is 3.15. The highest BCUT2D eigenvalue weighted by atomic mass is 16.5. The molecule has 0 spiro atoms. The number of benzene rings is 3. The van der Waals surface area contributed by atoms with Gasteiger partial charge < -0.3 is 14.4 Å². The Kier molecular flexibility index (Phi) is 6.68. The summed E-state index contributed by atoms with van der Waals surface area (Å²) in [6.07, 6.45) is 0.382. The van der Waals surface area contributed by atoms with Crippen LogP contribution in [-0.4, -0.2) is 25.0 Å². The maximum absolute atomic E-state index is 13.0. The van der Waals surface area contributed by atoms with Crippen LogP contribution in [0.15, 0.2) is 78.9 Å². The Hall–Kier alpha value is -3.27. The van der Waals surface area contributed by atoms with Crippen molar-refractivity contribution in [2.45, 2.75) is 19.5 Å². The highest BCUT2D eigenvalue weighted by molar-refractivity contribution is 5.78. The van der Waals surface area contributed by atoms with Crippen LogP contribution in [0.5, 0.6) is 11.5 Å². The van der Waals surface area contributed by atoms with Crippen molar-refractivity contribution in [1.82, 2.24) is 4.90 Å². The second kappa shape index (κ2) is 9.60. The van der Waals surface area contributed by atoms with E-state index in [1.165, 1.54) is 0 Å². The molecule has 4 nitrogen and oxygen atoms in total. The Morgan fingerprint density at radius 2 is 1.14 bits per heavy atom. The molecule has 0 fully saturated rings. The van der Waals surface area contributed by atoms with E-state index in [-0.39, 0.29) is 5.91 Å². The van der Waals surface area contributed by atoms with Crippen molar-refractivity contribution < 1.29 is 14.3 Å². The molecule has 0 N–H and O–H groups in total. The maximum atomic E-state index is 13.0. The van der Waals surface area contributed by atoms with Gasteiger partial charge in [-0.2, -0.15) is 0 Å². The molecule has 144 valence electrons. The normalized spacial score (nSPS) is 10.4. The van der Waals surface area contributed by atoms with E-state index in [0.717, 1.165) is 28.2 Å². The first-order valence-electron chi connectivity index (χ1n) is 9.25. The zero-order valence-electron chi connectivity index (χ0n) is 16.3. The monoisotopic (exact) mass is 375 g/mol. The van der Waals surface area contributed by atoms with Gasteiger partial charge in [0.15, 0.2) is 0 Å². The summed E-state index contributed by atoms with van der Waals surface area (Å²) in [6.45, 7) is 1.09. The Morgan fingerprint density at radius 3 is 1.57 bits per heavy atom. The number of ether oxygens (including phenoxy) is 2. The minimum absolute atomic E-state index is 0.0952. The van der Waals surface area contributed by atoms with Gasteiger partial charge >= 0.3 is 0 Å². The quantitative estimate of drug-likeness (QED) is 0.583. The van der Waals surface area contributed by atoms with Crippen LogP contribution in [0, 0.1) is 0 Å². The van der Waals surface area contributed by atoms with Crippen LogP contribution < -0.4 is 9.47 Å². The second-order valence-electron chi connectivity index (χ2n) is 6.61. The smallest absolute Gasteiger partial charge is 0.227 e. The molecule has 0 atom stereocenters. The lowest BCUT2D eigenvalue weighted by Crippen LogP contribution is -2.31. The minimum atomic E-state index is 0.0952. The molecule has 4 heteroatoms. The first-order valence-corrected chi connectivity index (χ1v) is 9.25. The molecule has 0 radical (unpaired) electrons. The van der Waals surface area contributed by atoms with Gasteiger partial charge in [-0.15, -0.1) is 0 Å². The van der Waals surface area contributed by atoms with Crippen molar-refractivity contribution in [2.75, 3.05) is 14.2 Å². The Balaban J connectivity index is 1.77. The van der Waals surface area contributed by atoms with E-state index >= 15 is 0 Å². The molecular formula is C24H25NO3. The summed E-state index contributed by atoms with van der Waals surface area (Å²) in [6, 6.07) is 25.5. The Bertz CT molecular complexity index is 824. The fourth-order valence-corrected chi connectivity index (χ4v) is 3.02. The fraction of sp³-hybridized carbons (Fsp3) is 0.208. The molecule has 0 saturated carbocycles. The zero-order valence-corrected chi connectivity index (χ0v) is 16.3. The summed E-state index contributed by atoms with van der Waals surface area (Å²) < 4.78 is 10.5. The molecule has 0 aliphatic heterocycles. The lowest BCUT2D eigenvalue weighted by atomic mass is 10.1. The molecular weight excluding hydrogens is 350 g/mol. The van der Waals surface area contributed by atoms with Gasteiger partial charge in [0.25, 0.3) is 0 Å². The van der Waals surface area contributed by atoms with E-state index in [0.29, 0.717) is 19.5 Å². The van der Waals surface area contributed by atoms with Crippen molar-refractivity contribution in [3.63, 3.8) is 0 Å². The maximum Gasteiger partial charge on any atom is 0.227 e. The number of amides is 1. The van der Waals surface area contributed by atoms with Crippen molar-refractivity contribution in [1.29, 1.82) is 0 Å². The molecule has 0 aliphatic carbocycles. The molecule has 3 aromatic rings. The van der Waals surface area contributed by atoms with Gasteiger partial charge in [0.05, 0.1) is 20.6 Å². The predicted molar refractivity (Wildman–Crippen MR) is 110 cm³/mol. The molecule has 0 unspecified atom stereocenters. The third-order valence-electron chi connectivity index (χ3n) is 4.62. The highest BCUT2D eigenvalue weighted by Gasteiger charge is 2.15. The first kappa shape index (κ1) is 19.5. The van der Waals surface area contributed by atoms with Gasteiger partial charge in [-0.25, -0.2) is 0 Å². The van der Waals surface area contributed by atoms with E-state index in [2.05, 4.69) is 0 Å². The van der Waals surface area contributed by atoms with Crippen LogP contribution in [0.25, 0.3) is 0 Å². The fourth-order valence-electron chi connectivity index (χ4n) is 3.02. The number of rotatable bonds is 8. The number of methoxy groups -OCH3 is 2. The Morgan fingerprint density at radius 1 is 0.679 bits per heavy atom. The summed E-state index contributed by atoms with van der Waals surface area (Å²) in [5.74, 6) is 1.71. The van der Waals surface area contributed by atoms with Crippen molar-refractivity contribution in [3.05, 3.63) is 95.6 Å². The summed E-state index contributed by atoms with van der Waals surface area (Å²) in [4.78, 5) is 14.9. The third-order valence-corrected chi connectivity index (χ3v) is 4.62. The highest BCUT2D eigenvalue weighted by Crippen LogP contribution is 2.18. The molecule has 0 bridgehead atoms. The SMILES string of the molecule is COc1ccc(CN(Cc2ccc(OC)cc2)C(=O)Cc2ccccc2)cc1. The van der Waals surface area contributed by atoms with Crippen molar-refractivity contribution >= 4 is 5.91 Å². The zero-order chi connectivity index (χ0) is 19.8. The number of carbonyl (C=O) groups is 1. The van der Waals surface area contributed by atoms with E-state index in [1.807, 2.05) is 83.8 Å². The number of hydrogen-bond donors (Lipinski definition) is 0. The Labute approximate surface area is 166 Å². The van der Waals surface area contributed by atoms with E-state index < -0.39 is 0 Å². The largest absolute Gasteiger partial charge is 0.497 e. The van der Waals surface area contributed by atoms with Crippen LogP contribution >= 0.6 is 0 Å². The first-order chi connectivity index (χ1) is 13.7. The van der Waals surface area contributed by atoms with E-state index in [4.69, 9.17) is 9.47 Å². The van der Waals surface area contributed by atoms with Crippen LogP contribution in [0.2, 0.25) is 0 Å². The lowest BCUT2D eigenvalue weighted by Gasteiger charge is -2.23. The minimum Gasteiger partial charge on any atom is -0.497 e. The van der Waals surface area contributed by atoms with Crippen LogP contribution in [0.4, 0.5) is 0 Å². The van der Waals surface area contributed by atoms with Gasteiger partial charge in [-0.1, -0.05) is 54.6 Å². The van der Waals surface area contributed by atoms with Gasteiger partial charge in [-0.05, 0) is 41.0 Å². The van der Waals surface area contributed by atoms with Crippen molar-refractivity contribution in [2.24, 2.45) is 0 Å². The average Bonchev–Trinajstić information content (AvgIpc) is 2.75. The van der Waals surface area contributed by atoms with Crippen LogP contribution in [0.1, 0.15) is 16.7 Å². The second-order valence-corrected chi connectivity index (χ2v) is 6.61. The average molecular weight is 375 g/mol. The van der Waals surface area contributed by atoms with Crippen LogP contribution in [-0.2, 0) is 24.3 Å². The number of carbonyl (C=O) groups excluding carboxylic acids is 1. The molecule has 1 amide bonds.